The normalized spacial score (nSPS) is 16.1. The first kappa shape index (κ1) is 9.70. The molecule has 0 saturated carbocycles. The van der Waals surface area contributed by atoms with E-state index in [2.05, 4.69) is 28.9 Å². The molecule has 3 N–H and O–H groups in total. The molecule has 12 heavy (non-hydrogen) atoms. The molecule has 0 aromatic heterocycles. The number of rotatable bonds is 6. The Morgan fingerprint density at radius 2 is 1.92 bits per heavy atom. The lowest BCUT2D eigenvalue weighted by molar-refractivity contribution is 0.676. The fourth-order valence-electron chi connectivity index (χ4n) is 1.36. The summed E-state index contributed by atoms with van der Waals surface area (Å²) < 4.78 is 0. The lowest BCUT2D eigenvalue weighted by Crippen LogP contribution is -2.23. The van der Waals surface area contributed by atoms with Crippen molar-refractivity contribution in [3.8, 4) is 0 Å². The molecular weight excluding hydrogens is 164 g/mol. The van der Waals surface area contributed by atoms with E-state index in [0.29, 0.717) is 0 Å². The van der Waals surface area contributed by atoms with Crippen LogP contribution in [0.3, 0.4) is 0 Å². The second kappa shape index (κ2) is 6.17. The zero-order valence-electron chi connectivity index (χ0n) is 7.50. The Hall–Kier alpha value is -0.383. The van der Waals surface area contributed by atoms with Crippen molar-refractivity contribution >= 4 is 8.80 Å². The SMILES string of the molecule is NCCNCCC[SiH]1C=CC=C1. The first-order valence-corrected chi connectivity index (χ1v) is 6.84. The Labute approximate surface area is 76.1 Å². The van der Waals surface area contributed by atoms with Gasteiger partial charge in [0.25, 0.3) is 0 Å². The average molecular weight is 182 g/mol. The number of nitrogens with one attached hydrogen (secondary N) is 1. The van der Waals surface area contributed by atoms with Gasteiger partial charge in [-0.15, -0.1) is 0 Å². The van der Waals surface area contributed by atoms with Crippen molar-refractivity contribution in [3.05, 3.63) is 23.6 Å². The number of hydrogen-bond acceptors (Lipinski definition) is 2. The van der Waals surface area contributed by atoms with E-state index >= 15 is 0 Å². The number of hydrogen-bond donors (Lipinski definition) is 2. The van der Waals surface area contributed by atoms with Gasteiger partial charge >= 0.3 is 0 Å². The Morgan fingerprint density at radius 3 is 2.58 bits per heavy atom. The van der Waals surface area contributed by atoms with Gasteiger partial charge in [-0.25, -0.2) is 0 Å². The van der Waals surface area contributed by atoms with Crippen molar-refractivity contribution < 1.29 is 0 Å². The van der Waals surface area contributed by atoms with Crippen LogP contribution in [-0.2, 0) is 0 Å². The predicted molar refractivity (Wildman–Crippen MR) is 56.8 cm³/mol. The van der Waals surface area contributed by atoms with Crippen molar-refractivity contribution in [1.29, 1.82) is 0 Å². The summed E-state index contributed by atoms with van der Waals surface area (Å²) in [6, 6.07) is 1.39. The molecule has 0 aromatic carbocycles. The summed E-state index contributed by atoms with van der Waals surface area (Å²) in [7, 11) is -0.565. The summed E-state index contributed by atoms with van der Waals surface area (Å²) in [5.41, 5.74) is 10.1. The molecule has 0 saturated heterocycles. The third-order valence-electron chi connectivity index (χ3n) is 2.04. The van der Waals surface area contributed by atoms with E-state index in [1.165, 1.54) is 12.5 Å². The highest BCUT2D eigenvalue weighted by Gasteiger charge is 2.03. The smallest absolute Gasteiger partial charge is 0.0852 e. The van der Waals surface area contributed by atoms with Crippen molar-refractivity contribution in [1.82, 2.24) is 5.32 Å². The molecule has 1 aliphatic heterocycles. The molecular formula is C9H18N2Si. The van der Waals surface area contributed by atoms with Crippen LogP contribution in [0, 0.1) is 0 Å². The van der Waals surface area contributed by atoms with Gasteiger partial charge in [-0.1, -0.05) is 29.6 Å². The van der Waals surface area contributed by atoms with Gasteiger partial charge in [0.2, 0.25) is 0 Å². The molecule has 0 spiro atoms. The number of nitrogens with two attached hydrogens (primary N) is 1. The lowest BCUT2D eigenvalue weighted by Gasteiger charge is -2.04. The van der Waals surface area contributed by atoms with Gasteiger partial charge in [0, 0.05) is 13.1 Å². The minimum Gasteiger partial charge on any atom is -0.329 e. The van der Waals surface area contributed by atoms with Crippen LogP contribution in [0.15, 0.2) is 23.6 Å². The average Bonchev–Trinajstić information content (AvgIpc) is 2.57. The molecule has 1 heterocycles. The Balaban J connectivity index is 1.89. The highest BCUT2D eigenvalue weighted by atomic mass is 28.3. The molecule has 0 fully saturated rings. The van der Waals surface area contributed by atoms with Crippen LogP contribution in [0.2, 0.25) is 6.04 Å². The van der Waals surface area contributed by atoms with Crippen molar-refractivity contribution in [2.75, 3.05) is 19.6 Å². The molecule has 0 bridgehead atoms. The Kier molecular flexibility index (Phi) is 4.99. The molecule has 0 unspecified atom stereocenters. The molecule has 68 valence electrons. The third-order valence-corrected chi connectivity index (χ3v) is 4.55. The van der Waals surface area contributed by atoms with E-state index in [4.69, 9.17) is 5.73 Å². The summed E-state index contributed by atoms with van der Waals surface area (Å²) in [4.78, 5) is 0. The van der Waals surface area contributed by atoms with Gasteiger partial charge in [-0.2, -0.15) is 0 Å². The second-order valence-electron chi connectivity index (χ2n) is 3.11. The molecule has 0 aliphatic carbocycles. The molecule has 1 rings (SSSR count). The summed E-state index contributed by atoms with van der Waals surface area (Å²) in [5, 5.41) is 3.31. The zero-order chi connectivity index (χ0) is 8.65. The summed E-state index contributed by atoms with van der Waals surface area (Å²) in [5.74, 6) is 0. The highest BCUT2D eigenvalue weighted by Crippen LogP contribution is 2.05. The molecule has 0 radical (unpaired) electrons. The fourth-order valence-corrected chi connectivity index (χ4v) is 3.38. The third kappa shape index (κ3) is 3.85. The molecule has 0 aromatic rings. The van der Waals surface area contributed by atoms with Crippen molar-refractivity contribution in [3.63, 3.8) is 0 Å². The van der Waals surface area contributed by atoms with E-state index in [1.54, 1.807) is 0 Å². The first-order chi connectivity index (χ1) is 5.93. The molecule has 3 heteroatoms. The van der Waals surface area contributed by atoms with E-state index in [1.807, 2.05) is 0 Å². The van der Waals surface area contributed by atoms with Crippen molar-refractivity contribution in [2.24, 2.45) is 5.73 Å². The molecule has 0 atom stereocenters. The quantitative estimate of drug-likeness (QED) is 0.460. The van der Waals surface area contributed by atoms with Crippen molar-refractivity contribution in [2.45, 2.75) is 12.5 Å². The number of allylic oxidation sites excluding steroid dienone is 2. The fraction of sp³-hybridized carbons (Fsp3) is 0.556. The first-order valence-electron chi connectivity index (χ1n) is 4.69. The Bertz CT molecular complexity index is 154. The molecule has 1 aliphatic rings. The van der Waals surface area contributed by atoms with Gasteiger partial charge in [0.05, 0.1) is 8.80 Å². The summed E-state index contributed by atoms with van der Waals surface area (Å²) in [6.45, 7) is 2.83. The molecule has 2 nitrogen and oxygen atoms in total. The molecule has 0 amide bonds. The maximum atomic E-state index is 5.36. The van der Waals surface area contributed by atoms with E-state index in [-0.39, 0.29) is 0 Å². The largest absolute Gasteiger partial charge is 0.329 e. The summed E-state index contributed by atoms with van der Waals surface area (Å²) in [6.07, 6.45) is 5.67. The van der Waals surface area contributed by atoms with Crippen LogP contribution in [0.5, 0.6) is 0 Å². The van der Waals surface area contributed by atoms with Gasteiger partial charge < -0.3 is 11.1 Å². The maximum absolute atomic E-state index is 5.36. The topological polar surface area (TPSA) is 38.0 Å². The lowest BCUT2D eigenvalue weighted by atomic mass is 10.5. The Morgan fingerprint density at radius 1 is 1.17 bits per heavy atom. The van der Waals surface area contributed by atoms with Crippen LogP contribution >= 0.6 is 0 Å². The van der Waals surface area contributed by atoms with Crippen LogP contribution in [-0.4, -0.2) is 28.4 Å². The standard InChI is InChI=1S/C9H18N2Si/c10-4-6-11-5-3-9-12-7-1-2-8-12/h1-2,7-8,11-12H,3-6,9-10H2. The van der Waals surface area contributed by atoms with E-state index < -0.39 is 8.80 Å². The van der Waals surface area contributed by atoms with E-state index in [9.17, 15) is 0 Å². The minimum absolute atomic E-state index is 0.565. The van der Waals surface area contributed by atoms with Gasteiger partial charge in [-0.05, 0) is 13.0 Å². The zero-order valence-corrected chi connectivity index (χ0v) is 8.65. The second-order valence-corrected chi connectivity index (χ2v) is 5.79. The van der Waals surface area contributed by atoms with Gasteiger partial charge in [0.15, 0.2) is 0 Å². The predicted octanol–water partition coefficient (Wildman–Crippen LogP) is 0.356. The van der Waals surface area contributed by atoms with Crippen LogP contribution in [0.4, 0.5) is 0 Å². The summed E-state index contributed by atoms with van der Waals surface area (Å²) >= 11 is 0. The van der Waals surface area contributed by atoms with E-state index in [0.717, 1.165) is 19.6 Å². The monoisotopic (exact) mass is 182 g/mol. The van der Waals surface area contributed by atoms with Crippen LogP contribution in [0.1, 0.15) is 6.42 Å². The van der Waals surface area contributed by atoms with Crippen LogP contribution < -0.4 is 11.1 Å². The maximum Gasteiger partial charge on any atom is 0.0852 e. The van der Waals surface area contributed by atoms with Gasteiger partial charge in [-0.3, -0.25) is 0 Å². The van der Waals surface area contributed by atoms with Crippen LogP contribution in [0.25, 0.3) is 0 Å². The highest BCUT2D eigenvalue weighted by molar-refractivity contribution is 6.70. The minimum atomic E-state index is -0.565. The van der Waals surface area contributed by atoms with Gasteiger partial charge in [0.1, 0.15) is 0 Å².